The van der Waals surface area contributed by atoms with Gasteiger partial charge in [-0.05, 0) is 24.3 Å². The van der Waals surface area contributed by atoms with E-state index in [0.717, 1.165) is 0 Å². The Morgan fingerprint density at radius 2 is 2.38 bits per heavy atom. The molecule has 2 aromatic heterocycles. The van der Waals surface area contributed by atoms with Crippen molar-refractivity contribution >= 4 is 12.1 Å². The van der Waals surface area contributed by atoms with Gasteiger partial charge >= 0.3 is 0 Å². The summed E-state index contributed by atoms with van der Waals surface area (Å²) in [5.74, 6) is 0.266. The summed E-state index contributed by atoms with van der Waals surface area (Å²) in [4.78, 5) is 15.3. The number of amides is 1. The number of nitrogens with one attached hydrogen (secondary N) is 1. The molecule has 2 heterocycles. The van der Waals surface area contributed by atoms with Gasteiger partial charge in [0.2, 0.25) is 0 Å². The fraction of sp³-hybridized carbons (Fsp3) is 0. The lowest BCUT2D eigenvalue weighted by Crippen LogP contribution is -2.17. The second-order valence-electron chi connectivity index (χ2n) is 2.96. The van der Waals surface area contributed by atoms with Gasteiger partial charge < -0.3 is 4.42 Å². The highest BCUT2D eigenvalue weighted by Gasteiger charge is 2.02. The van der Waals surface area contributed by atoms with Crippen molar-refractivity contribution in [3.63, 3.8) is 0 Å². The second kappa shape index (κ2) is 4.88. The minimum Gasteiger partial charge on any atom is -0.463 e. The quantitative estimate of drug-likeness (QED) is 0.622. The molecule has 5 nitrogen and oxygen atoms in total. The number of carbonyl (C=O) groups is 1. The molecule has 80 valence electrons. The number of rotatable bonds is 3. The van der Waals surface area contributed by atoms with Gasteiger partial charge in [-0.25, -0.2) is 5.43 Å². The molecule has 0 radical (unpaired) electrons. The summed E-state index contributed by atoms with van der Waals surface area (Å²) >= 11 is 0. The van der Waals surface area contributed by atoms with Crippen LogP contribution < -0.4 is 5.43 Å². The number of furan rings is 1. The van der Waals surface area contributed by atoms with E-state index in [1.807, 2.05) is 0 Å². The van der Waals surface area contributed by atoms with Gasteiger partial charge in [-0.15, -0.1) is 0 Å². The van der Waals surface area contributed by atoms with Crippen LogP contribution in [0.25, 0.3) is 0 Å². The van der Waals surface area contributed by atoms with E-state index >= 15 is 0 Å². The Morgan fingerprint density at radius 3 is 3.06 bits per heavy atom. The van der Waals surface area contributed by atoms with Gasteiger partial charge in [-0.1, -0.05) is 0 Å². The maximum absolute atomic E-state index is 11.5. The molecule has 0 aromatic carbocycles. The maximum atomic E-state index is 11.5. The average molecular weight is 215 g/mol. The summed E-state index contributed by atoms with van der Waals surface area (Å²) in [6, 6.07) is 6.82. The highest BCUT2D eigenvalue weighted by molar-refractivity contribution is 5.94. The molecule has 0 aliphatic carbocycles. The van der Waals surface area contributed by atoms with Gasteiger partial charge in [0.05, 0.1) is 18.0 Å². The zero-order valence-corrected chi connectivity index (χ0v) is 8.33. The Hall–Kier alpha value is -2.43. The molecule has 0 unspecified atom stereocenters. The molecular formula is C11H9N3O2. The highest BCUT2D eigenvalue weighted by atomic mass is 16.3. The zero-order valence-electron chi connectivity index (χ0n) is 8.33. The van der Waals surface area contributed by atoms with E-state index in [4.69, 9.17) is 4.42 Å². The molecule has 0 saturated heterocycles. The second-order valence-corrected chi connectivity index (χ2v) is 2.96. The molecule has 0 fully saturated rings. The zero-order chi connectivity index (χ0) is 11.2. The van der Waals surface area contributed by atoms with E-state index in [0.29, 0.717) is 11.3 Å². The first-order valence-corrected chi connectivity index (χ1v) is 4.63. The smallest absolute Gasteiger partial charge is 0.272 e. The van der Waals surface area contributed by atoms with E-state index in [2.05, 4.69) is 15.5 Å². The minimum atomic E-state index is -0.309. The summed E-state index contributed by atoms with van der Waals surface area (Å²) in [7, 11) is 0. The van der Waals surface area contributed by atoms with Crippen molar-refractivity contribution in [2.75, 3.05) is 0 Å². The van der Waals surface area contributed by atoms with Crippen molar-refractivity contribution in [1.82, 2.24) is 10.4 Å². The predicted octanol–water partition coefficient (Wildman–Crippen LogP) is 1.44. The van der Waals surface area contributed by atoms with E-state index in [1.165, 1.54) is 18.7 Å². The summed E-state index contributed by atoms with van der Waals surface area (Å²) in [6.45, 7) is 0. The van der Waals surface area contributed by atoms with Crippen LogP contribution in [-0.4, -0.2) is 17.1 Å². The van der Waals surface area contributed by atoms with E-state index in [1.54, 1.807) is 30.5 Å². The SMILES string of the molecule is O=C(N/N=C\c1ccco1)c1cccnc1. The largest absolute Gasteiger partial charge is 0.463 e. The molecular weight excluding hydrogens is 206 g/mol. The Kier molecular flexibility index (Phi) is 3.08. The lowest BCUT2D eigenvalue weighted by Gasteiger charge is -1.97. The summed E-state index contributed by atoms with van der Waals surface area (Å²) < 4.78 is 5.01. The van der Waals surface area contributed by atoms with Crippen LogP contribution >= 0.6 is 0 Å². The molecule has 2 rings (SSSR count). The third-order valence-corrected chi connectivity index (χ3v) is 1.82. The van der Waals surface area contributed by atoms with Crippen LogP contribution in [0.15, 0.2) is 52.4 Å². The predicted molar refractivity (Wildman–Crippen MR) is 58.0 cm³/mol. The number of hydrogen-bond donors (Lipinski definition) is 1. The van der Waals surface area contributed by atoms with E-state index < -0.39 is 0 Å². The maximum Gasteiger partial charge on any atom is 0.272 e. The summed E-state index contributed by atoms with van der Waals surface area (Å²) in [5, 5.41) is 3.74. The van der Waals surface area contributed by atoms with Gasteiger partial charge in [-0.3, -0.25) is 9.78 Å². The molecule has 0 atom stereocenters. The van der Waals surface area contributed by atoms with Crippen LogP contribution in [0.2, 0.25) is 0 Å². The monoisotopic (exact) mass is 215 g/mol. The molecule has 0 saturated carbocycles. The van der Waals surface area contributed by atoms with E-state index in [-0.39, 0.29) is 5.91 Å². The Labute approximate surface area is 91.8 Å². The fourth-order valence-corrected chi connectivity index (χ4v) is 1.08. The van der Waals surface area contributed by atoms with Gasteiger partial charge in [0.15, 0.2) is 0 Å². The van der Waals surface area contributed by atoms with Gasteiger partial charge in [0.25, 0.3) is 5.91 Å². The first kappa shape index (κ1) is 10.1. The summed E-state index contributed by atoms with van der Waals surface area (Å²) in [6.07, 6.45) is 6.03. The van der Waals surface area contributed by atoms with Crippen LogP contribution in [0.3, 0.4) is 0 Å². The number of hydrazone groups is 1. The third kappa shape index (κ3) is 2.54. The number of aromatic nitrogens is 1. The summed E-state index contributed by atoms with van der Waals surface area (Å²) in [5.41, 5.74) is 2.83. The molecule has 2 aromatic rings. The van der Waals surface area contributed by atoms with Gasteiger partial charge in [0.1, 0.15) is 5.76 Å². The number of hydrogen-bond acceptors (Lipinski definition) is 4. The Balaban J connectivity index is 1.94. The van der Waals surface area contributed by atoms with Crippen molar-refractivity contribution in [2.45, 2.75) is 0 Å². The number of nitrogens with zero attached hydrogens (tertiary/aromatic N) is 2. The van der Waals surface area contributed by atoms with Crippen molar-refractivity contribution in [1.29, 1.82) is 0 Å². The Bertz CT molecular complexity index is 477. The highest BCUT2D eigenvalue weighted by Crippen LogP contribution is 1.96. The number of pyridine rings is 1. The number of carbonyl (C=O) groups excluding carboxylic acids is 1. The molecule has 0 aliphatic rings. The molecule has 5 heteroatoms. The van der Waals surface area contributed by atoms with Crippen molar-refractivity contribution in [3.05, 3.63) is 54.2 Å². The van der Waals surface area contributed by atoms with Crippen LogP contribution in [0.5, 0.6) is 0 Å². The first-order chi connectivity index (χ1) is 7.86. The normalized spacial score (nSPS) is 10.5. The van der Waals surface area contributed by atoms with Gasteiger partial charge in [0, 0.05) is 12.4 Å². The van der Waals surface area contributed by atoms with Gasteiger partial charge in [-0.2, -0.15) is 5.10 Å². The van der Waals surface area contributed by atoms with Crippen molar-refractivity contribution < 1.29 is 9.21 Å². The van der Waals surface area contributed by atoms with Crippen LogP contribution in [0.4, 0.5) is 0 Å². The molecule has 0 aliphatic heterocycles. The van der Waals surface area contributed by atoms with Crippen molar-refractivity contribution in [2.24, 2.45) is 5.10 Å². The van der Waals surface area contributed by atoms with Crippen molar-refractivity contribution in [3.8, 4) is 0 Å². The van der Waals surface area contributed by atoms with Crippen LogP contribution in [0, 0.1) is 0 Å². The lowest BCUT2D eigenvalue weighted by atomic mass is 10.3. The van der Waals surface area contributed by atoms with Crippen LogP contribution in [-0.2, 0) is 0 Å². The topological polar surface area (TPSA) is 67.5 Å². The molecule has 0 bridgehead atoms. The molecule has 16 heavy (non-hydrogen) atoms. The molecule has 0 spiro atoms. The minimum absolute atomic E-state index is 0.309. The fourth-order valence-electron chi connectivity index (χ4n) is 1.08. The van der Waals surface area contributed by atoms with Crippen LogP contribution in [0.1, 0.15) is 16.1 Å². The average Bonchev–Trinajstić information content (AvgIpc) is 2.83. The molecule has 1 N–H and O–H groups in total. The third-order valence-electron chi connectivity index (χ3n) is 1.82. The first-order valence-electron chi connectivity index (χ1n) is 4.63. The Morgan fingerprint density at radius 1 is 1.44 bits per heavy atom. The lowest BCUT2D eigenvalue weighted by molar-refractivity contribution is 0.0955. The standard InChI is InChI=1S/C11H9N3O2/c15-11(9-3-1-5-12-7-9)14-13-8-10-4-2-6-16-10/h1-8H,(H,14,15)/b13-8-. The molecule has 1 amide bonds. The van der Waals surface area contributed by atoms with E-state index in [9.17, 15) is 4.79 Å².